The van der Waals surface area contributed by atoms with Gasteiger partial charge in [-0.2, -0.15) is 0 Å². The predicted molar refractivity (Wildman–Crippen MR) is 110 cm³/mol. The van der Waals surface area contributed by atoms with Crippen molar-refractivity contribution in [3.05, 3.63) is 30.0 Å². The summed E-state index contributed by atoms with van der Waals surface area (Å²) in [6.07, 6.45) is 16.6. The van der Waals surface area contributed by atoms with Crippen LogP contribution in [0.4, 0.5) is 0 Å². The normalized spacial score (nSPS) is 11.3. The highest BCUT2D eigenvalue weighted by Gasteiger charge is 2.09. The second-order valence-electron chi connectivity index (χ2n) is 7.38. The molecule has 2 aromatic rings. The monoisotopic (exact) mass is 343 g/mol. The number of aryl methyl sites for hydroxylation is 2. The van der Waals surface area contributed by atoms with Crippen LogP contribution in [0.25, 0.3) is 10.9 Å². The van der Waals surface area contributed by atoms with Gasteiger partial charge in [-0.25, -0.2) is 0 Å². The van der Waals surface area contributed by atoms with Crippen molar-refractivity contribution in [3.8, 4) is 5.75 Å². The van der Waals surface area contributed by atoms with Crippen molar-refractivity contribution in [2.75, 3.05) is 7.11 Å². The summed E-state index contributed by atoms with van der Waals surface area (Å²) < 4.78 is 7.82. The van der Waals surface area contributed by atoms with E-state index in [0.717, 1.165) is 5.75 Å². The van der Waals surface area contributed by atoms with Crippen LogP contribution in [-0.4, -0.2) is 11.7 Å². The van der Waals surface area contributed by atoms with Gasteiger partial charge < -0.3 is 9.30 Å². The van der Waals surface area contributed by atoms with Gasteiger partial charge in [0.1, 0.15) is 5.75 Å². The minimum absolute atomic E-state index is 0.977. The van der Waals surface area contributed by atoms with Crippen LogP contribution in [0.15, 0.2) is 24.3 Å². The summed E-state index contributed by atoms with van der Waals surface area (Å²) in [6.45, 7) is 2.29. The smallest absolute Gasteiger partial charge is 0.143 e. The molecule has 2 nitrogen and oxygen atoms in total. The number of ether oxygens (including phenoxy) is 1. The van der Waals surface area contributed by atoms with Crippen LogP contribution in [0.3, 0.4) is 0 Å². The minimum atomic E-state index is 0.977. The molecular formula is C23H37NO. The summed E-state index contributed by atoms with van der Waals surface area (Å²) in [7, 11) is 3.92. The molecule has 2 rings (SSSR count). The lowest BCUT2D eigenvalue weighted by Gasteiger charge is -2.07. The molecule has 0 radical (unpaired) electrons. The summed E-state index contributed by atoms with van der Waals surface area (Å²) in [5, 5.41) is 1.29. The van der Waals surface area contributed by atoms with Crippen molar-refractivity contribution in [3.63, 3.8) is 0 Å². The molecule has 0 spiro atoms. The van der Waals surface area contributed by atoms with Crippen molar-refractivity contribution < 1.29 is 4.74 Å². The number of para-hydroxylation sites is 1. The molecule has 0 fully saturated rings. The number of hydrogen-bond donors (Lipinski definition) is 0. The van der Waals surface area contributed by atoms with Crippen molar-refractivity contribution in [2.45, 2.75) is 84.0 Å². The fourth-order valence-electron chi connectivity index (χ4n) is 3.81. The molecule has 0 aliphatic carbocycles. The Morgan fingerprint density at radius 3 is 2.04 bits per heavy atom. The van der Waals surface area contributed by atoms with Crippen LogP contribution in [0.1, 0.15) is 83.2 Å². The van der Waals surface area contributed by atoms with E-state index in [9.17, 15) is 0 Å². The molecule has 2 heteroatoms. The third-order valence-electron chi connectivity index (χ3n) is 5.37. The van der Waals surface area contributed by atoms with Gasteiger partial charge in [0.05, 0.1) is 12.6 Å². The highest BCUT2D eigenvalue weighted by atomic mass is 16.5. The van der Waals surface area contributed by atoms with E-state index in [1.807, 2.05) is 6.07 Å². The molecular weight excluding hydrogens is 306 g/mol. The van der Waals surface area contributed by atoms with Crippen molar-refractivity contribution in [1.82, 2.24) is 4.57 Å². The SMILES string of the molecule is CCCCCCCCCCCCCc1cc2cccc(OC)c2n1C. The molecule has 0 amide bonds. The summed E-state index contributed by atoms with van der Waals surface area (Å²) in [5.74, 6) is 0.977. The van der Waals surface area contributed by atoms with Gasteiger partial charge in [0, 0.05) is 18.1 Å². The van der Waals surface area contributed by atoms with E-state index < -0.39 is 0 Å². The van der Waals surface area contributed by atoms with Gasteiger partial charge in [0.25, 0.3) is 0 Å². The van der Waals surface area contributed by atoms with Gasteiger partial charge in [0.15, 0.2) is 0 Å². The fourth-order valence-corrected chi connectivity index (χ4v) is 3.81. The van der Waals surface area contributed by atoms with Gasteiger partial charge >= 0.3 is 0 Å². The average molecular weight is 344 g/mol. The zero-order valence-electron chi connectivity index (χ0n) is 16.7. The first-order valence-electron chi connectivity index (χ1n) is 10.4. The molecule has 25 heavy (non-hydrogen) atoms. The van der Waals surface area contributed by atoms with Crippen molar-refractivity contribution in [1.29, 1.82) is 0 Å². The number of benzene rings is 1. The lowest BCUT2D eigenvalue weighted by Crippen LogP contribution is -1.97. The molecule has 0 N–H and O–H groups in total. The Bertz CT molecular complexity index is 614. The second-order valence-corrected chi connectivity index (χ2v) is 7.38. The molecule has 0 saturated heterocycles. The zero-order valence-corrected chi connectivity index (χ0v) is 16.7. The first-order chi connectivity index (χ1) is 12.3. The number of methoxy groups -OCH3 is 1. The molecule has 140 valence electrons. The second kappa shape index (κ2) is 11.2. The lowest BCUT2D eigenvalue weighted by atomic mass is 10.0. The van der Waals surface area contributed by atoms with Crippen molar-refractivity contribution in [2.24, 2.45) is 7.05 Å². The topological polar surface area (TPSA) is 14.2 Å². The summed E-state index contributed by atoms with van der Waals surface area (Å²) in [4.78, 5) is 0. The minimum Gasteiger partial charge on any atom is -0.495 e. The molecule has 1 heterocycles. The number of hydrogen-bond acceptors (Lipinski definition) is 1. The van der Waals surface area contributed by atoms with Gasteiger partial charge in [-0.15, -0.1) is 0 Å². The first kappa shape index (κ1) is 19.9. The number of nitrogens with zero attached hydrogens (tertiary/aromatic N) is 1. The standard InChI is InChI=1S/C23H37NO/c1-4-5-6-7-8-9-10-11-12-13-14-17-21-19-20-16-15-18-22(25-3)23(20)24(21)2/h15-16,18-19H,4-14,17H2,1-3H3. The van der Waals surface area contributed by atoms with Gasteiger partial charge in [-0.1, -0.05) is 83.3 Å². The molecule has 0 bridgehead atoms. The molecule has 0 aliphatic rings. The van der Waals surface area contributed by atoms with Crippen LogP contribution < -0.4 is 4.74 Å². The van der Waals surface area contributed by atoms with Crippen molar-refractivity contribution >= 4 is 10.9 Å². The van der Waals surface area contributed by atoms with Crippen LogP contribution in [0, 0.1) is 0 Å². The Hall–Kier alpha value is -1.44. The number of unbranched alkanes of at least 4 members (excludes halogenated alkanes) is 10. The first-order valence-corrected chi connectivity index (χ1v) is 10.4. The van der Waals surface area contributed by atoms with E-state index in [0.29, 0.717) is 0 Å². The Morgan fingerprint density at radius 2 is 1.44 bits per heavy atom. The molecule has 0 atom stereocenters. The lowest BCUT2D eigenvalue weighted by molar-refractivity contribution is 0.417. The number of rotatable bonds is 13. The average Bonchev–Trinajstić information content (AvgIpc) is 2.96. The van der Waals surface area contributed by atoms with Crippen LogP contribution in [0.5, 0.6) is 5.75 Å². The highest BCUT2D eigenvalue weighted by Crippen LogP contribution is 2.28. The summed E-state index contributed by atoms with van der Waals surface area (Å²) in [6, 6.07) is 8.64. The zero-order chi connectivity index (χ0) is 17.9. The Labute approximate surface area is 154 Å². The molecule has 0 saturated carbocycles. The van der Waals surface area contributed by atoms with Gasteiger partial charge in [-0.3, -0.25) is 0 Å². The maximum Gasteiger partial charge on any atom is 0.143 e. The Kier molecular flexibility index (Phi) is 8.93. The van der Waals surface area contributed by atoms with Crippen LogP contribution in [0.2, 0.25) is 0 Å². The van der Waals surface area contributed by atoms with Crippen LogP contribution >= 0.6 is 0 Å². The van der Waals surface area contributed by atoms with E-state index in [4.69, 9.17) is 4.74 Å². The summed E-state index contributed by atoms with van der Waals surface area (Å²) >= 11 is 0. The molecule has 0 unspecified atom stereocenters. The van der Waals surface area contributed by atoms with Gasteiger partial charge in [0.2, 0.25) is 0 Å². The summed E-state index contributed by atoms with van der Waals surface area (Å²) in [5.41, 5.74) is 2.65. The van der Waals surface area contributed by atoms with Crippen LogP contribution in [-0.2, 0) is 13.5 Å². The Balaban J connectivity index is 1.63. The van der Waals surface area contributed by atoms with E-state index in [1.54, 1.807) is 7.11 Å². The molecule has 1 aromatic heterocycles. The third kappa shape index (κ3) is 6.09. The van der Waals surface area contributed by atoms with E-state index in [-0.39, 0.29) is 0 Å². The van der Waals surface area contributed by atoms with E-state index >= 15 is 0 Å². The molecule has 1 aromatic carbocycles. The maximum atomic E-state index is 5.51. The van der Waals surface area contributed by atoms with E-state index in [1.165, 1.54) is 93.6 Å². The Morgan fingerprint density at radius 1 is 0.840 bits per heavy atom. The number of fused-ring (bicyclic) bond motifs is 1. The molecule has 0 aliphatic heterocycles. The van der Waals surface area contributed by atoms with Gasteiger partial charge in [-0.05, 0) is 25.0 Å². The predicted octanol–water partition coefficient (Wildman–Crippen LogP) is 7.04. The quantitative estimate of drug-likeness (QED) is 0.356. The number of aromatic nitrogens is 1. The van der Waals surface area contributed by atoms with E-state index in [2.05, 4.69) is 36.7 Å². The highest BCUT2D eigenvalue weighted by molar-refractivity contribution is 5.87. The fraction of sp³-hybridized carbons (Fsp3) is 0.652. The maximum absolute atomic E-state index is 5.51. The third-order valence-corrected chi connectivity index (χ3v) is 5.37. The largest absolute Gasteiger partial charge is 0.495 e.